The first kappa shape index (κ1) is 18.2. The molecule has 24 heavy (non-hydrogen) atoms. The van der Waals surface area contributed by atoms with Crippen molar-refractivity contribution in [2.45, 2.75) is 53.6 Å². The van der Waals surface area contributed by atoms with Crippen molar-refractivity contribution in [3.05, 3.63) is 23.1 Å². The molecule has 0 aromatic carbocycles. The van der Waals surface area contributed by atoms with Gasteiger partial charge in [0.1, 0.15) is 5.69 Å². The summed E-state index contributed by atoms with van der Waals surface area (Å²) in [5, 5.41) is 23.8. The quantitative estimate of drug-likeness (QED) is 0.755. The molecule has 1 amide bonds. The van der Waals surface area contributed by atoms with Crippen LogP contribution in [0.2, 0.25) is 0 Å². The van der Waals surface area contributed by atoms with Crippen molar-refractivity contribution in [1.29, 1.82) is 0 Å². The van der Waals surface area contributed by atoms with E-state index in [1.807, 2.05) is 32.4 Å². The molecule has 0 saturated carbocycles. The second kappa shape index (κ2) is 7.17. The smallest absolute Gasteiger partial charge is 0.269 e. The standard InChI is InChI=1S/C17H27N5O2/c1-9(2)15(8-23)18-17(24)14-7-13(19-20-14)16-11(5)21-22(10(3)4)12(16)6/h7,9-10,15,23H,8H2,1-6H3,(H,18,24)(H,19,20)/t15-/m0/s1. The molecule has 0 aliphatic carbocycles. The van der Waals surface area contributed by atoms with E-state index in [-0.39, 0.29) is 30.5 Å². The van der Waals surface area contributed by atoms with Crippen LogP contribution in [0, 0.1) is 19.8 Å². The van der Waals surface area contributed by atoms with Crippen LogP contribution >= 0.6 is 0 Å². The molecule has 2 rings (SSSR count). The van der Waals surface area contributed by atoms with Crippen LogP contribution in [0.25, 0.3) is 11.3 Å². The van der Waals surface area contributed by atoms with E-state index < -0.39 is 0 Å². The predicted octanol–water partition coefficient (Wildman–Crippen LogP) is 2.22. The summed E-state index contributed by atoms with van der Waals surface area (Å²) in [6, 6.07) is 1.71. The van der Waals surface area contributed by atoms with Gasteiger partial charge < -0.3 is 10.4 Å². The van der Waals surface area contributed by atoms with Crippen LogP contribution in [0.5, 0.6) is 0 Å². The van der Waals surface area contributed by atoms with Crippen molar-refractivity contribution in [1.82, 2.24) is 25.3 Å². The van der Waals surface area contributed by atoms with Gasteiger partial charge in [-0.3, -0.25) is 14.6 Å². The number of H-pyrrole nitrogens is 1. The Kier molecular flexibility index (Phi) is 5.43. The van der Waals surface area contributed by atoms with Gasteiger partial charge in [0, 0.05) is 17.3 Å². The number of hydrogen-bond donors (Lipinski definition) is 3. The number of hydrogen-bond acceptors (Lipinski definition) is 4. The molecule has 132 valence electrons. The van der Waals surface area contributed by atoms with Crippen LogP contribution in [0.15, 0.2) is 6.07 Å². The highest BCUT2D eigenvalue weighted by molar-refractivity contribution is 5.93. The number of aromatic nitrogens is 4. The fraction of sp³-hybridized carbons (Fsp3) is 0.588. The minimum absolute atomic E-state index is 0.0935. The number of amides is 1. The van der Waals surface area contributed by atoms with E-state index >= 15 is 0 Å². The molecule has 7 heteroatoms. The van der Waals surface area contributed by atoms with Gasteiger partial charge in [-0.1, -0.05) is 13.8 Å². The fourth-order valence-electron chi connectivity index (χ4n) is 2.77. The molecule has 0 aliphatic rings. The molecule has 0 saturated heterocycles. The molecule has 0 fully saturated rings. The normalized spacial score (nSPS) is 12.9. The zero-order chi connectivity index (χ0) is 18.0. The van der Waals surface area contributed by atoms with Crippen LogP contribution in [-0.4, -0.2) is 43.6 Å². The molecule has 2 aromatic heterocycles. The molecule has 2 aromatic rings. The Hall–Kier alpha value is -2.15. The highest BCUT2D eigenvalue weighted by atomic mass is 16.3. The van der Waals surface area contributed by atoms with Crippen LogP contribution in [0.1, 0.15) is 55.6 Å². The van der Waals surface area contributed by atoms with Crippen molar-refractivity contribution in [3.8, 4) is 11.3 Å². The number of aryl methyl sites for hydroxylation is 1. The maximum absolute atomic E-state index is 12.3. The molecule has 1 atom stereocenters. The molecule has 7 nitrogen and oxygen atoms in total. The summed E-state index contributed by atoms with van der Waals surface area (Å²) < 4.78 is 1.96. The summed E-state index contributed by atoms with van der Waals surface area (Å²) >= 11 is 0. The highest BCUT2D eigenvalue weighted by Crippen LogP contribution is 2.27. The summed E-state index contributed by atoms with van der Waals surface area (Å²) in [6.45, 7) is 11.9. The number of aliphatic hydroxyl groups is 1. The van der Waals surface area contributed by atoms with Gasteiger partial charge in [0.05, 0.1) is 24.0 Å². The van der Waals surface area contributed by atoms with E-state index in [0.29, 0.717) is 11.4 Å². The van der Waals surface area contributed by atoms with Crippen molar-refractivity contribution in [2.75, 3.05) is 6.61 Å². The number of aliphatic hydroxyl groups excluding tert-OH is 1. The van der Waals surface area contributed by atoms with Gasteiger partial charge in [0.25, 0.3) is 5.91 Å². The van der Waals surface area contributed by atoms with Gasteiger partial charge in [-0.2, -0.15) is 10.2 Å². The Bertz CT molecular complexity index is 715. The molecule has 0 unspecified atom stereocenters. The average molecular weight is 333 g/mol. The Morgan fingerprint density at radius 1 is 1.33 bits per heavy atom. The van der Waals surface area contributed by atoms with E-state index in [4.69, 9.17) is 0 Å². The van der Waals surface area contributed by atoms with E-state index in [0.717, 1.165) is 17.0 Å². The predicted molar refractivity (Wildman–Crippen MR) is 92.8 cm³/mol. The lowest BCUT2D eigenvalue weighted by atomic mass is 10.1. The summed E-state index contributed by atoms with van der Waals surface area (Å²) in [7, 11) is 0. The summed E-state index contributed by atoms with van der Waals surface area (Å²) in [4.78, 5) is 12.3. The van der Waals surface area contributed by atoms with Gasteiger partial charge in [0.15, 0.2) is 0 Å². The van der Waals surface area contributed by atoms with Crippen molar-refractivity contribution >= 4 is 5.91 Å². The van der Waals surface area contributed by atoms with E-state index in [9.17, 15) is 9.90 Å². The number of aromatic amines is 1. The third-order valence-corrected chi connectivity index (χ3v) is 4.21. The number of carbonyl (C=O) groups excluding carboxylic acids is 1. The molecule has 0 radical (unpaired) electrons. The molecule has 2 heterocycles. The van der Waals surface area contributed by atoms with Gasteiger partial charge in [0.2, 0.25) is 0 Å². The Labute approximate surface area is 142 Å². The van der Waals surface area contributed by atoms with Gasteiger partial charge >= 0.3 is 0 Å². The lowest BCUT2D eigenvalue weighted by molar-refractivity contribution is 0.0891. The lowest BCUT2D eigenvalue weighted by Gasteiger charge is -2.19. The zero-order valence-corrected chi connectivity index (χ0v) is 15.2. The third kappa shape index (κ3) is 3.51. The average Bonchev–Trinajstić information content (AvgIpc) is 3.09. The monoisotopic (exact) mass is 333 g/mol. The summed E-state index contributed by atoms with van der Waals surface area (Å²) in [5.74, 6) is -0.122. The molecule has 3 N–H and O–H groups in total. The minimum atomic E-state index is -0.281. The Balaban J connectivity index is 2.27. The second-order valence-electron chi connectivity index (χ2n) is 6.76. The SMILES string of the molecule is Cc1nn(C(C)C)c(C)c1-c1cc(C(=O)N[C@@H](CO)C(C)C)[nH]n1. The molecule has 0 spiro atoms. The largest absolute Gasteiger partial charge is 0.394 e. The second-order valence-corrected chi connectivity index (χ2v) is 6.76. The van der Waals surface area contributed by atoms with Gasteiger partial charge in [-0.15, -0.1) is 0 Å². The first-order valence-corrected chi connectivity index (χ1v) is 8.29. The molecule has 0 aliphatic heterocycles. The third-order valence-electron chi connectivity index (χ3n) is 4.21. The van der Waals surface area contributed by atoms with Crippen LogP contribution in [0.4, 0.5) is 0 Å². The zero-order valence-electron chi connectivity index (χ0n) is 15.2. The van der Waals surface area contributed by atoms with E-state index in [2.05, 4.69) is 34.5 Å². The minimum Gasteiger partial charge on any atom is -0.394 e. The van der Waals surface area contributed by atoms with Crippen molar-refractivity contribution in [3.63, 3.8) is 0 Å². The first-order chi connectivity index (χ1) is 11.3. The highest BCUT2D eigenvalue weighted by Gasteiger charge is 2.21. The molecular weight excluding hydrogens is 306 g/mol. The molecule has 0 bridgehead atoms. The van der Waals surface area contributed by atoms with Crippen molar-refractivity contribution in [2.24, 2.45) is 5.92 Å². The first-order valence-electron chi connectivity index (χ1n) is 8.29. The number of rotatable bonds is 6. The van der Waals surface area contributed by atoms with Crippen molar-refractivity contribution < 1.29 is 9.90 Å². The number of carbonyl (C=O) groups is 1. The van der Waals surface area contributed by atoms with Gasteiger partial charge in [-0.25, -0.2) is 0 Å². The summed E-state index contributed by atoms with van der Waals surface area (Å²) in [5.41, 5.74) is 3.93. The number of nitrogens with one attached hydrogen (secondary N) is 2. The van der Waals surface area contributed by atoms with E-state index in [1.165, 1.54) is 0 Å². The van der Waals surface area contributed by atoms with Crippen LogP contribution in [0.3, 0.4) is 0 Å². The van der Waals surface area contributed by atoms with Crippen LogP contribution < -0.4 is 5.32 Å². The fourth-order valence-corrected chi connectivity index (χ4v) is 2.77. The maximum atomic E-state index is 12.3. The Morgan fingerprint density at radius 2 is 2.00 bits per heavy atom. The maximum Gasteiger partial charge on any atom is 0.269 e. The molecular formula is C17H27N5O2. The topological polar surface area (TPSA) is 95.8 Å². The van der Waals surface area contributed by atoms with E-state index in [1.54, 1.807) is 6.07 Å². The van der Waals surface area contributed by atoms with Crippen LogP contribution in [-0.2, 0) is 0 Å². The lowest BCUT2D eigenvalue weighted by Crippen LogP contribution is -2.41. The van der Waals surface area contributed by atoms with Gasteiger partial charge in [-0.05, 0) is 39.7 Å². The number of nitrogens with zero attached hydrogens (tertiary/aromatic N) is 3. The Morgan fingerprint density at radius 3 is 2.50 bits per heavy atom. The summed E-state index contributed by atoms with van der Waals surface area (Å²) in [6.07, 6.45) is 0.